The van der Waals surface area contributed by atoms with Gasteiger partial charge >= 0.3 is 0 Å². The van der Waals surface area contributed by atoms with Gasteiger partial charge in [0, 0.05) is 5.56 Å². The van der Waals surface area contributed by atoms with Crippen LogP contribution in [0.3, 0.4) is 0 Å². The first-order valence-corrected chi connectivity index (χ1v) is 5.33. The zero-order chi connectivity index (χ0) is 10.4. The molecular weight excluding hydrogens is 200 g/mol. The molecule has 4 heteroatoms. The van der Waals surface area contributed by atoms with Crippen molar-refractivity contribution < 1.29 is 13.2 Å². The normalized spacial score (nSPS) is 9.29. The van der Waals surface area contributed by atoms with E-state index in [0.29, 0.717) is 0 Å². The van der Waals surface area contributed by atoms with Gasteiger partial charge in [-0.15, -0.1) is 0 Å². The molecule has 0 heterocycles. The third-order valence-corrected chi connectivity index (χ3v) is 1.95. The van der Waals surface area contributed by atoms with E-state index in [1.54, 1.807) is 31.4 Å². The number of hydrogen-bond donors (Lipinski definition) is 1. The van der Waals surface area contributed by atoms with Crippen LogP contribution in [0.2, 0.25) is 0 Å². The third-order valence-electron chi connectivity index (χ3n) is 1.53. The lowest BCUT2D eigenvalue weighted by atomic mass is 10.2. The molecule has 0 spiro atoms. The molecule has 0 bridgehead atoms. The Labute approximate surface area is 84.7 Å². The summed E-state index contributed by atoms with van der Waals surface area (Å²) in [7, 11) is -0.818. The predicted octanol–water partition coefficient (Wildman–Crippen LogP) is 0.658. The molecule has 14 heavy (non-hydrogen) atoms. The van der Waals surface area contributed by atoms with Crippen LogP contribution in [0.1, 0.15) is 5.56 Å². The van der Waals surface area contributed by atoms with Gasteiger partial charge in [0.05, 0.1) is 7.11 Å². The minimum atomic E-state index is -2.40. The molecule has 0 saturated carbocycles. The molecule has 1 rings (SSSR count). The molecule has 1 aromatic carbocycles. The van der Waals surface area contributed by atoms with E-state index >= 15 is 0 Å². The zero-order valence-corrected chi connectivity index (χ0v) is 8.58. The first kappa shape index (κ1) is 10.6. The summed E-state index contributed by atoms with van der Waals surface area (Å²) in [6.07, 6.45) is 0. The van der Waals surface area contributed by atoms with E-state index in [4.69, 9.17) is 4.74 Å². The summed E-state index contributed by atoms with van der Waals surface area (Å²) in [6, 6.07) is 7.12. The Morgan fingerprint density at radius 2 is 1.93 bits per heavy atom. The standard InChI is InChI=1S/C10H10O3S/c1-13-10-6-4-9(5-7-10)3-2-8-14(11)12/h4-7,14H,8H2,1H3. The molecule has 3 nitrogen and oxygen atoms in total. The lowest BCUT2D eigenvalue weighted by molar-refractivity contribution is 0.415. The molecule has 0 radical (unpaired) electrons. The highest BCUT2D eigenvalue weighted by Gasteiger charge is 1.89. The average molecular weight is 210 g/mol. The van der Waals surface area contributed by atoms with Gasteiger partial charge in [-0.25, -0.2) is 8.42 Å². The second-order valence-electron chi connectivity index (χ2n) is 2.52. The molecule has 0 unspecified atom stereocenters. The number of hydrogen-bond acceptors (Lipinski definition) is 3. The summed E-state index contributed by atoms with van der Waals surface area (Å²) < 4.78 is 25.4. The summed E-state index contributed by atoms with van der Waals surface area (Å²) in [4.78, 5) is 0. The summed E-state index contributed by atoms with van der Waals surface area (Å²) in [5, 5.41) is 0. The molecule has 0 N–H and O–H groups in total. The van der Waals surface area contributed by atoms with Crippen molar-refractivity contribution in [3.05, 3.63) is 29.8 Å². The predicted molar refractivity (Wildman–Crippen MR) is 55.1 cm³/mol. The van der Waals surface area contributed by atoms with E-state index in [2.05, 4.69) is 11.8 Å². The Hall–Kier alpha value is -1.47. The third kappa shape index (κ3) is 3.50. The lowest BCUT2D eigenvalue weighted by Crippen LogP contribution is -1.83. The fourth-order valence-corrected chi connectivity index (χ4v) is 1.09. The molecule has 0 fully saturated rings. The van der Waals surface area contributed by atoms with Crippen LogP contribution in [0.5, 0.6) is 5.75 Å². The van der Waals surface area contributed by atoms with Crippen LogP contribution in [-0.4, -0.2) is 21.3 Å². The van der Waals surface area contributed by atoms with Crippen molar-refractivity contribution in [3.8, 4) is 17.6 Å². The summed E-state index contributed by atoms with van der Waals surface area (Å²) in [5.74, 6) is 5.95. The van der Waals surface area contributed by atoms with Crippen molar-refractivity contribution in [2.45, 2.75) is 0 Å². The second-order valence-corrected chi connectivity index (χ2v) is 3.50. The molecule has 0 aromatic heterocycles. The van der Waals surface area contributed by atoms with Crippen molar-refractivity contribution in [3.63, 3.8) is 0 Å². The van der Waals surface area contributed by atoms with Gasteiger partial charge in [0.1, 0.15) is 11.5 Å². The van der Waals surface area contributed by atoms with Crippen LogP contribution in [-0.2, 0) is 10.7 Å². The quantitative estimate of drug-likeness (QED) is 0.576. The second kappa shape index (κ2) is 5.30. The van der Waals surface area contributed by atoms with Crippen LogP contribution in [0, 0.1) is 11.8 Å². The highest BCUT2D eigenvalue weighted by atomic mass is 32.2. The van der Waals surface area contributed by atoms with E-state index < -0.39 is 10.7 Å². The molecule has 74 valence electrons. The fraction of sp³-hybridized carbons (Fsp3) is 0.200. The Bertz CT molecular complexity index is 413. The first-order valence-electron chi connectivity index (χ1n) is 3.97. The topological polar surface area (TPSA) is 43.4 Å². The van der Waals surface area contributed by atoms with Crippen LogP contribution in [0.15, 0.2) is 24.3 Å². The van der Waals surface area contributed by atoms with Crippen molar-refractivity contribution in [1.82, 2.24) is 0 Å². The zero-order valence-electron chi connectivity index (χ0n) is 7.69. The van der Waals surface area contributed by atoms with Crippen molar-refractivity contribution in [2.24, 2.45) is 0 Å². The highest BCUT2D eigenvalue weighted by molar-refractivity contribution is 7.72. The van der Waals surface area contributed by atoms with Crippen LogP contribution in [0.25, 0.3) is 0 Å². The van der Waals surface area contributed by atoms with Gasteiger partial charge in [0.2, 0.25) is 0 Å². The van der Waals surface area contributed by atoms with E-state index in [0.717, 1.165) is 11.3 Å². The SMILES string of the molecule is COc1ccc(C#CC[SH](=O)=O)cc1. The fourth-order valence-electron chi connectivity index (χ4n) is 0.880. The molecule has 0 aliphatic rings. The maximum atomic E-state index is 10.2. The number of benzene rings is 1. The summed E-state index contributed by atoms with van der Waals surface area (Å²) in [5.41, 5.74) is 0.780. The number of rotatable bonds is 2. The van der Waals surface area contributed by atoms with Crippen molar-refractivity contribution in [1.29, 1.82) is 0 Å². The largest absolute Gasteiger partial charge is 0.497 e. The van der Waals surface area contributed by atoms with Crippen LogP contribution >= 0.6 is 0 Å². The van der Waals surface area contributed by atoms with Crippen molar-refractivity contribution >= 4 is 10.7 Å². The van der Waals surface area contributed by atoms with Crippen LogP contribution in [0.4, 0.5) is 0 Å². The summed E-state index contributed by atoms with van der Waals surface area (Å²) in [6.45, 7) is 0. The molecule has 1 aromatic rings. The summed E-state index contributed by atoms with van der Waals surface area (Å²) >= 11 is 0. The molecule has 0 saturated heterocycles. The molecule has 0 aliphatic carbocycles. The smallest absolute Gasteiger partial charge is 0.151 e. The van der Waals surface area contributed by atoms with Gasteiger partial charge in [0.15, 0.2) is 10.7 Å². The van der Waals surface area contributed by atoms with Gasteiger partial charge in [-0.05, 0) is 24.3 Å². The van der Waals surface area contributed by atoms with Crippen LogP contribution < -0.4 is 4.74 Å². The molecule has 0 amide bonds. The van der Waals surface area contributed by atoms with Gasteiger partial charge in [-0.1, -0.05) is 11.8 Å². The van der Waals surface area contributed by atoms with Gasteiger partial charge in [0.25, 0.3) is 0 Å². The first-order chi connectivity index (χ1) is 6.72. The molecular formula is C10H10O3S. The number of methoxy groups -OCH3 is 1. The number of ether oxygens (including phenoxy) is 1. The van der Waals surface area contributed by atoms with Gasteiger partial charge in [-0.2, -0.15) is 0 Å². The Kier molecular flexibility index (Phi) is 4.02. The van der Waals surface area contributed by atoms with Gasteiger partial charge < -0.3 is 4.74 Å². The maximum Gasteiger partial charge on any atom is 0.151 e. The minimum absolute atomic E-state index is 0.0959. The van der Waals surface area contributed by atoms with E-state index in [-0.39, 0.29) is 5.75 Å². The van der Waals surface area contributed by atoms with Gasteiger partial charge in [-0.3, -0.25) is 0 Å². The Balaban J connectivity index is 2.71. The monoisotopic (exact) mass is 210 g/mol. The molecule has 0 atom stereocenters. The van der Waals surface area contributed by atoms with E-state index in [1.807, 2.05) is 0 Å². The maximum absolute atomic E-state index is 10.2. The Morgan fingerprint density at radius 1 is 1.29 bits per heavy atom. The lowest BCUT2D eigenvalue weighted by Gasteiger charge is -1.97. The van der Waals surface area contributed by atoms with E-state index in [1.165, 1.54) is 0 Å². The minimum Gasteiger partial charge on any atom is -0.497 e. The molecule has 0 aliphatic heterocycles. The highest BCUT2D eigenvalue weighted by Crippen LogP contribution is 2.09. The average Bonchev–Trinajstić information content (AvgIpc) is 2.18. The Morgan fingerprint density at radius 3 is 2.43 bits per heavy atom. The van der Waals surface area contributed by atoms with E-state index in [9.17, 15) is 8.42 Å². The van der Waals surface area contributed by atoms with Crippen molar-refractivity contribution in [2.75, 3.05) is 12.9 Å². The number of thiol groups is 1.